The van der Waals surface area contributed by atoms with Crippen molar-refractivity contribution in [3.8, 4) is 0 Å². The van der Waals surface area contributed by atoms with Crippen molar-refractivity contribution in [2.24, 2.45) is 0 Å². The van der Waals surface area contributed by atoms with E-state index in [1.54, 1.807) is 0 Å². The number of hydrogen-bond donors (Lipinski definition) is 0. The van der Waals surface area contributed by atoms with Crippen LogP contribution >= 0.6 is 0 Å². The Bertz CT molecular complexity index is 470. The lowest BCUT2D eigenvalue weighted by atomic mass is 9.73. The summed E-state index contributed by atoms with van der Waals surface area (Å²) in [5, 5.41) is 0. The summed E-state index contributed by atoms with van der Waals surface area (Å²) in [6.45, 7) is 2.19. The number of ketones is 1. The van der Waals surface area contributed by atoms with Crippen LogP contribution < -0.4 is 0 Å². The van der Waals surface area contributed by atoms with Crippen molar-refractivity contribution in [3.63, 3.8) is 0 Å². The first-order valence-electron chi connectivity index (χ1n) is 6.05. The summed E-state index contributed by atoms with van der Waals surface area (Å²) in [6, 6.07) is 6.50. The van der Waals surface area contributed by atoms with E-state index in [-0.39, 0.29) is 0 Å². The van der Waals surface area contributed by atoms with Gasteiger partial charge in [0.2, 0.25) is 0 Å². The van der Waals surface area contributed by atoms with Crippen LogP contribution in [0, 0.1) is 6.92 Å². The molecule has 0 aliphatic heterocycles. The van der Waals surface area contributed by atoms with Crippen LogP contribution in [-0.4, -0.2) is 5.78 Å². The number of hydrogen-bond acceptors (Lipinski definition) is 1. The number of Topliss-reactive ketones (excluding diaryl/α,β-unsaturated/α-hetero) is 1. The smallest absolute Gasteiger partial charge is 0.133 e. The predicted molar refractivity (Wildman–Crippen MR) is 64.7 cm³/mol. The summed E-state index contributed by atoms with van der Waals surface area (Å²) in [6.07, 6.45) is 6.98. The van der Waals surface area contributed by atoms with Crippen LogP contribution in [0.15, 0.2) is 30.4 Å². The van der Waals surface area contributed by atoms with Crippen LogP contribution in [0.1, 0.15) is 47.8 Å². The lowest BCUT2D eigenvalue weighted by molar-refractivity contribution is -0.119. The van der Waals surface area contributed by atoms with Gasteiger partial charge in [-0.25, -0.2) is 0 Å². The third kappa shape index (κ3) is 1.42. The van der Waals surface area contributed by atoms with Crippen LogP contribution in [-0.2, 0) is 4.79 Å². The normalized spacial score (nSPS) is 27.4. The van der Waals surface area contributed by atoms with Gasteiger partial charge in [-0.05, 0) is 30.0 Å². The summed E-state index contributed by atoms with van der Waals surface area (Å²) in [7, 11) is 0. The van der Waals surface area contributed by atoms with Crippen molar-refractivity contribution in [1.29, 1.82) is 0 Å². The molecule has 0 saturated heterocycles. The molecule has 1 aromatic rings. The highest BCUT2D eigenvalue weighted by Crippen LogP contribution is 2.41. The molecular weight excluding hydrogens is 196 g/mol. The van der Waals surface area contributed by atoms with Gasteiger partial charge in [0.05, 0.1) is 0 Å². The second kappa shape index (κ2) is 3.58. The third-order valence-electron chi connectivity index (χ3n) is 3.89. The zero-order valence-corrected chi connectivity index (χ0v) is 9.57. The van der Waals surface area contributed by atoms with Crippen molar-refractivity contribution in [3.05, 3.63) is 47.0 Å². The van der Waals surface area contributed by atoms with Crippen molar-refractivity contribution in [2.45, 2.75) is 38.0 Å². The average Bonchev–Trinajstić information content (AvgIpc) is 2.25. The van der Waals surface area contributed by atoms with Gasteiger partial charge in [0.25, 0.3) is 0 Å². The fraction of sp³-hybridized carbons (Fsp3) is 0.400. The molecule has 1 aromatic carbocycles. The Balaban J connectivity index is 2.17. The van der Waals surface area contributed by atoms with Crippen molar-refractivity contribution in [1.82, 2.24) is 0 Å². The van der Waals surface area contributed by atoms with Crippen LogP contribution in [0.3, 0.4) is 0 Å². The second-order valence-corrected chi connectivity index (χ2v) is 4.96. The number of aryl methyl sites for hydroxylation is 1. The van der Waals surface area contributed by atoms with Crippen molar-refractivity contribution >= 4 is 5.78 Å². The van der Waals surface area contributed by atoms with E-state index in [1.807, 2.05) is 0 Å². The molecule has 0 aromatic heterocycles. The molecule has 1 nitrogen and oxygen atoms in total. The molecule has 2 bridgehead atoms. The minimum atomic E-state index is 0.332. The number of allylic oxidation sites excluding steroid dienone is 2. The number of benzene rings is 1. The molecule has 1 heteroatoms. The molecule has 0 radical (unpaired) electrons. The number of carbonyl (C=O) groups excluding carboxylic acids is 1. The van der Waals surface area contributed by atoms with Gasteiger partial charge in [0, 0.05) is 24.7 Å². The SMILES string of the molecule is Cc1cccc2c1[C@H]1C=C[C@@H]2CC(=O)CC1. The van der Waals surface area contributed by atoms with Gasteiger partial charge in [0.1, 0.15) is 5.78 Å². The lowest BCUT2D eigenvalue weighted by Gasteiger charge is -2.30. The molecule has 0 N–H and O–H groups in total. The number of rotatable bonds is 0. The standard InChI is InChI=1S/C15H16O/c1-10-3-2-4-14-12-6-5-11(15(10)14)7-8-13(16)9-12/h2-6,11-12H,7-9H2,1H3/t11-,12+/m0/s1. The fourth-order valence-electron chi connectivity index (χ4n) is 3.08. The monoisotopic (exact) mass is 212 g/mol. The van der Waals surface area contributed by atoms with Gasteiger partial charge in [0.15, 0.2) is 0 Å². The van der Waals surface area contributed by atoms with E-state index in [9.17, 15) is 4.79 Å². The largest absolute Gasteiger partial charge is 0.300 e. The maximum Gasteiger partial charge on any atom is 0.133 e. The molecule has 82 valence electrons. The Labute approximate surface area is 96.2 Å². The molecule has 2 aliphatic carbocycles. The summed E-state index contributed by atoms with van der Waals surface area (Å²) >= 11 is 0. The Morgan fingerprint density at radius 2 is 2.00 bits per heavy atom. The van der Waals surface area contributed by atoms with E-state index in [0.717, 1.165) is 12.8 Å². The van der Waals surface area contributed by atoms with E-state index < -0.39 is 0 Å². The highest BCUT2D eigenvalue weighted by molar-refractivity contribution is 5.80. The predicted octanol–water partition coefficient (Wildman–Crippen LogP) is 3.49. The molecule has 0 fully saturated rings. The van der Waals surface area contributed by atoms with Gasteiger partial charge in [-0.2, -0.15) is 0 Å². The lowest BCUT2D eigenvalue weighted by Crippen LogP contribution is -2.18. The van der Waals surface area contributed by atoms with Crippen LogP contribution in [0.5, 0.6) is 0 Å². The molecule has 0 amide bonds. The molecule has 0 saturated carbocycles. The van der Waals surface area contributed by atoms with Crippen molar-refractivity contribution in [2.75, 3.05) is 0 Å². The molecule has 0 spiro atoms. The van der Waals surface area contributed by atoms with Crippen LogP contribution in [0.4, 0.5) is 0 Å². The topological polar surface area (TPSA) is 17.1 Å². The molecule has 2 atom stereocenters. The number of fused-ring (bicyclic) bond motifs is 5. The fourth-order valence-corrected chi connectivity index (χ4v) is 3.08. The Morgan fingerprint density at radius 1 is 1.19 bits per heavy atom. The third-order valence-corrected chi connectivity index (χ3v) is 3.89. The zero-order chi connectivity index (χ0) is 11.1. The minimum Gasteiger partial charge on any atom is -0.300 e. The van der Waals surface area contributed by atoms with E-state index in [0.29, 0.717) is 24.0 Å². The molecule has 0 heterocycles. The van der Waals surface area contributed by atoms with Crippen LogP contribution in [0.2, 0.25) is 0 Å². The van der Waals surface area contributed by atoms with E-state index >= 15 is 0 Å². The average molecular weight is 212 g/mol. The van der Waals surface area contributed by atoms with E-state index in [4.69, 9.17) is 0 Å². The highest BCUT2D eigenvalue weighted by Gasteiger charge is 2.28. The van der Waals surface area contributed by atoms with Gasteiger partial charge >= 0.3 is 0 Å². The first-order valence-corrected chi connectivity index (χ1v) is 6.05. The second-order valence-electron chi connectivity index (χ2n) is 4.96. The minimum absolute atomic E-state index is 0.332. The Morgan fingerprint density at radius 3 is 2.88 bits per heavy atom. The molecular formula is C15H16O. The van der Waals surface area contributed by atoms with E-state index in [2.05, 4.69) is 37.3 Å². The Kier molecular flexibility index (Phi) is 2.20. The molecule has 16 heavy (non-hydrogen) atoms. The quantitative estimate of drug-likeness (QED) is 0.602. The summed E-state index contributed by atoms with van der Waals surface area (Å²) in [4.78, 5) is 11.7. The van der Waals surface area contributed by atoms with Gasteiger partial charge in [-0.1, -0.05) is 30.4 Å². The van der Waals surface area contributed by atoms with Crippen molar-refractivity contribution < 1.29 is 4.79 Å². The first-order chi connectivity index (χ1) is 7.75. The molecule has 2 aliphatic rings. The van der Waals surface area contributed by atoms with Gasteiger partial charge in [-0.3, -0.25) is 4.79 Å². The van der Waals surface area contributed by atoms with Gasteiger partial charge in [-0.15, -0.1) is 0 Å². The van der Waals surface area contributed by atoms with Gasteiger partial charge < -0.3 is 0 Å². The summed E-state index contributed by atoms with van der Waals surface area (Å²) in [5.74, 6) is 1.22. The van der Waals surface area contributed by atoms with Crippen LogP contribution in [0.25, 0.3) is 0 Å². The highest BCUT2D eigenvalue weighted by atomic mass is 16.1. The van der Waals surface area contributed by atoms with E-state index in [1.165, 1.54) is 16.7 Å². The molecule has 3 rings (SSSR count). The maximum atomic E-state index is 11.7. The Hall–Kier alpha value is -1.37. The summed E-state index contributed by atoms with van der Waals surface area (Å²) < 4.78 is 0. The zero-order valence-electron chi connectivity index (χ0n) is 9.57. The maximum absolute atomic E-state index is 11.7. The molecule has 0 unspecified atom stereocenters. The summed E-state index contributed by atoms with van der Waals surface area (Å²) in [5.41, 5.74) is 4.26. The number of carbonyl (C=O) groups is 1. The first kappa shape index (κ1) is 9.83.